The molecule has 0 saturated heterocycles. The highest BCUT2D eigenvalue weighted by atomic mass is 16.5. The number of nitrogens with two attached hydrogens (primary N) is 1. The third-order valence-electron chi connectivity index (χ3n) is 2.60. The van der Waals surface area contributed by atoms with Gasteiger partial charge in [-0.3, -0.25) is 4.79 Å². The summed E-state index contributed by atoms with van der Waals surface area (Å²) in [6.07, 6.45) is 1.53. The Kier molecular flexibility index (Phi) is 5.45. The maximum absolute atomic E-state index is 11.8. The summed E-state index contributed by atoms with van der Waals surface area (Å²) in [5, 5.41) is 2.75. The number of carbonyl (C=O) groups excluding carboxylic acids is 1. The van der Waals surface area contributed by atoms with Crippen LogP contribution in [0, 0.1) is 0 Å². The Hall–Kier alpha value is -1.75. The van der Waals surface area contributed by atoms with Crippen molar-refractivity contribution in [3.63, 3.8) is 0 Å². The minimum Gasteiger partial charge on any atom is -0.497 e. The fourth-order valence-corrected chi connectivity index (χ4v) is 1.57. The third kappa shape index (κ3) is 3.63. The quantitative estimate of drug-likeness (QED) is 0.809. The van der Waals surface area contributed by atoms with Crippen LogP contribution >= 0.6 is 0 Å². The summed E-state index contributed by atoms with van der Waals surface area (Å²) in [5.74, 6) is 1.01. The molecule has 0 radical (unpaired) electrons. The van der Waals surface area contributed by atoms with Gasteiger partial charge in [-0.2, -0.15) is 0 Å². The fourth-order valence-electron chi connectivity index (χ4n) is 1.57. The van der Waals surface area contributed by atoms with Crippen LogP contribution in [0.5, 0.6) is 11.5 Å². The first kappa shape index (κ1) is 14.3. The van der Waals surface area contributed by atoms with Gasteiger partial charge in [-0.05, 0) is 18.6 Å². The van der Waals surface area contributed by atoms with Gasteiger partial charge in [0.25, 0.3) is 0 Å². The second-order valence-corrected chi connectivity index (χ2v) is 3.95. The molecule has 5 nitrogen and oxygen atoms in total. The lowest BCUT2D eigenvalue weighted by molar-refractivity contribution is -0.117. The van der Waals surface area contributed by atoms with Crippen LogP contribution < -0.4 is 20.5 Å². The van der Waals surface area contributed by atoms with Crippen molar-refractivity contribution in [1.29, 1.82) is 0 Å². The van der Waals surface area contributed by atoms with E-state index in [9.17, 15) is 4.79 Å². The van der Waals surface area contributed by atoms with Crippen molar-refractivity contribution in [2.75, 3.05) is 19.5 Å². The molecule has 0 heterocycles. The van der Waals surface area contributed by atoms with Crippen molar-refractivity contribution < 1.29 is 14.3 Å². The molecule has 0 bridgehead atoms. The van der Waals surface area contributed by atoms with E-state index in [1.807, 2.05) is 6.92 Å². The van der Waals surface area contributed by atoms with Gasteiger partial charge in [-0.15, -0.1) is 0 Å². The Morgan fingerprint density at radius 2 is 2.11 bits per heavy atom. The summed E-state index contributed by atoms with van der Waals surface area (Å²) >= 11 is 0. The molecule has 0 aliphatic heterocycles. The second kappa shape index (κ2) is 6.86. The largest absolute Gasteiger partial charge is 0.497 e. The smallest absolute Gasteiger partial charge is 0.241 e. The standard InChI is InChI=1S/C13H20N2O3/c1-4-5-10(14)13(16)15-11-7-6-9(17-2)8-12(11)18-3/h6-8,10H,4-5,14H2,1-3H3,(H,15,16). The summed E-state index contributed by atoms with van der Waals surface area (Å²) in [7, 11) is 3.11. The van der Waals surface area contributed by atoms with Crippen LogP contribution in [-0.2, 0) is 4.79 Å². The van der Waals surface area contributed by atoms with Gasteiger partial charge < -0.3 is 20.5 Å². The van der Waals surface area contributed by atoms with Gasteiger partial charge in [0.2, 0.25) is 5.91 Å². The maximum atomic E-state index is 11.8. The third-order valence-corrected chi connectivity index (χ3v) is 2.60. The molecule has 5 heteroatoms. The second-order valence-electron chi connectivity index (χ2n) is 3.95. The molecule has 1 aromatic carbocycles. The lowest BCUT2D eigenvalue weighted by Gasteiger charge is -2.14. The number of carbonyl (C=O) groups is 1. The van der Waals surface area contributed by atoms with Crippen LogP contribution in [-0.4, -0.2) is 26.2 Å². The van der Waals surface area contributed by atoms with E-state index in [2.05, 4.69) is 5.32 Å². The van der Waals surface area contributed by atoms with Gasteiger partial charge in [0, 0.05) is 6.07 Å². The molecule has 0 aliphatic carbocycles. The Balaban J connectivity index is 2.80. The number of anilines is 1. The molecule has 100 valence electrons. The van der Waals surface area contributed by atoms with E-state index < -0.39 is 6.04 Å². The molecule has 0 spiro atoms. The topological polar surface area (TPSA) is 73.6 Å². The highest BCUT2D eigenvalue weighted by Gasteiger charge is 2.14. The number of amides is 1. The van der Waals surface area contributed by atoms with Gasteiger partial charge in [-0.25, -0.2) is 0 Å². The van der Waals surface area contributed by atoms with E-state index in [0.29, 0.717) is 23.6 Å². The predicted molar refractivity (Wildman–Crippen MR) is 71.1 cm³/mol. The fraction of sp³-hybridized carbons (Fsp3) is 0.462. The number of methoxy groups -OCH3 is 2. The first-order chi connectivity index (χ1) is 8.62. The lowest BCUT2D eigenvalue weighted by atomic mass is 10.1. The summed E-state index contributed by atoms with van der Waals surface area (Å²) in [6.45, 7) is 1.99. The zero-order valence-electron chi connectivity index (χ0n) is 11.0. The highest BCUT2D eigenvalue weighted by molar-refractivity contribution is 5.96. The number of ether oxygens (including phenoxy) is 2. The SMILES string of the molecule is CCCC(N)C(=O)Nc1ccc(OC)cc1OC. The summed E-state index contributed by atoms with van der Waals surface area (Å²) in [4.78, 5) is 11.8. The van der Waals surface area contributed by atoms with Gasteiger partial charge in [-0.1, -0.05) is 13.3 Å². The molecular formula is C13H20N2O3. The number of rotatable bonds is 6. The molecular weight excluding hydrogens is 232 g/mol. The molecule has 0 aromatic heterocycles. The average molecular weight is 252 g/mol. The minimum atomic E-state index is -0.498. The number of nitrogens with one attached hydrogen (secondary N) is 1. The van der Waals surface area contributed by atoms with Crippen molar-refractivity contribution in [2.45, 2.75) is 25.8 Å². The monoisotopic (exact) mass is 252 g/mol. The zero-order chi connectivity index (χ0) is 13.5. The Labute approximate surface area is 107 Å². The Morgan fingerprint density at radius 3 is 2.67 bits per heavy atom. The van der Waals surface area contributed by atoms with Crippen LogP contribution in [0.25, 0.3) is 0 Å². The van der Waals surface area contributed by atoms with E-state index in [1.165, 1.54) is 7.11 Å². The van der Waals surface area contributed by atoms with Crippen molar-refractivity contribution in [2.24, 2.45) is 5.73 Å². The molecule has 0 saturated carbocycles. The van der Waals surface area contributed by atoms with Gasteiger partial charge in [0.15, 0.2) is 0 Å². The molecule has 3 N–H and O–H groups in total. The van der Waals surface area contributed by atoms with E-state index in [1.54, 1.807) is 25.3 Å². The van der Waals surface area contributed by atoms with Gasteiger partial charge in [0.1, 0.15) is 11.5 Å². The molecule has 1 aromatic rings. The lowest BCUT2D eigenvalue weighted by Crippen LogP contribution is -2.35. The highest BCUT2D eigenvalue weighted by Crippen LogP contribution is 2.29. The van der Waals surface area contributed by atoms with Crippen LogP contribution in [0.3, 0.4) is 0 Å². The normalized spacial score (nSPS) is 11.8. The molecule has 1 atom stereocenters. The minimum absolute atomic E-state index is 0.208. The molecule has 0 fully saturated rings. The summed E-state index contributed by atoms with van der Waals surface area (Å²) in [6, 6.07) is 4.69. The van der Waals surface area contributed by atoms with Crippen molar-refractivity contribution in [1.82, 2.24) is 0 Å². The molecule has 1 rings (SSSR count). The van der Waals surface area contributed by atoms with Crippen molar-refractivity contribution in [3.05, 3.63) is 18.2 Å². The number of benzene rings is 1. The van der Waals surface area contributed by atoms with Crippen molar-refractivity contribution in [3.8, 4) is 11.5 Å². The van der Waals surface area contributed by atoms with E-state index in [4.69, 9.17) is 15.2 Å². The van der Waals surface area contributed by atoms with Crippen LogP contribution in [0.4, 0.5) is 5.69 Å². The average Bonchev–Trinajstić information content (AvgIpc) is 2.39. The number of hydrogen-bond acceptors (Lipinski definition) is 4. The molecule has 18 heavy (non-hydrogen) atoms. The Bertz CT molecular complexity index is 407. The van der Waals surface area contributed by atoms with Gasteiger partial charge >= 0.3 is 0 Å². The predicted octanol–water partition coefficient (Wildman–Crippen LogP) is 1.77. The zero-order valence-corrected chi connectivity index (χ0v) is 11.0. The van der Waals surface area contributed by atoms with Crippen LogP contribution in [0.15, 0.2) is 18.2 Å². The van der Waals surface area contributed by atoms with E-state index in [0.717, 1.165) is 6.42 Å². The Morgan fingerprint density at radius 1 is 1.39 bits per heavy atom. The molecule has 1 unspecified atom stereocenters. The van der Waals surface area contributed by atoms with E-state index in [-0.39, 0.29) is 5.91 Å². The summed E-state index contributed by atoms with van der Waals surface area (Å²) < 4.78 is 10.3. The first-order valence-corrected chi connectivity index (χ1v) is 5.90. The molecule has 1 amide bonds. The van der Waals surface area contributed by atoms with Crippen LogP contribution in [0.2, 0.25) is 0 Å². The van der Waals surface area contributed by atoms with Gasteiger partial charge in [0.05, 0.1) is 25.9 Å². The van der Waals surface area contributed by atoms with E-state index >= 15 is 0 Å². The number of hydrogen-bond donors (Lipinski definition) is 2. The van der Waals surface area contributed by atoms with Crippen LogP contribution in [0.1, 0.15) is 19.8 Å². The maximum Gasteiger partial charge on any atom is 0.241 e. The van der Waals surface area contributed by atoms with Crippen molar-refractivity contribution >= 4 is 11.6 Å². The summed E-state index contributed by atoms with van der Waals surface area (Å²) in [5.41, 5.74) is 6.34. The molecule has 0 aliphatic rings. The first-order valence-electron chi connectivity index (χ1n) is 5.90.